The van der Waals surface area contributed by atoms with E-state index in [1.165, 1.54) is 0 Å². The molecular weight excluding hydrogens is 308 g/mol. The Labute approximate surface area is 140 Å². The van der Waals surface area contributed by atoms with Crippen LogP contribution < -0.4 is 4.74 Å². The van der Waals surface area contributed by atoms with Gasteiger partial charge in [-0.2, -0.15) is 10.2 Å². The Morgan fingerprint density at radius 2 is 2.25 bits per heavy atom. The van der Waals surface area contributed by atoms with Gasteiger partial charge in [-0.15, -0.1) is 0 Å². The van der Waals surface area contributed by atoms with Crippen LogP contribution in [0, 0.1) is 18.3 Å². The fraction of sp³-hybridized carbons (Fsp3) is 0.471. The molecule has 0 spiro atoms. The van der Waals surface area contributed by atoms with Crippen molar-refractivity contribution in [3.8, 4) is 11.8 Å². The van der Waals surface area contributed by atoms with Crippen molar-refractivity contribution in [2.75, 3.05) is 19.7 Å². The van der Waals surface area contributed by atoms with Crippen molar-refractivity contribution < 1.29 is 14.4 Å². The molecule has 0 unspecified atom stereocenters. The first-order valence-electron chi connectivity index (χ1n) is 8.01. The molecular formula is C17H20N4O3. The molecule has 24 heavy (non-hydrogen) atoms. The molecule has 0 bridgehead atoms. The summed E-state index contributed by atoms with van der Waals surface area (Å²) in [5.41, 5.74) is 0.582. The number of aromatic nitrogens is 2. The molecule has 7 nitrogen and oxygen atoms in total. The Bertz CT molecular complexity index is 707. The molecule has 1 fully saturated rings. The molecule has 0 radical (unpaired) electrons. The van der Waals surface area contributed by atoms with Gasteiger partial charge in [-0.3, -0.25) is 4.90 Å². The van der Waals surface area contributed by atoms with Crippen LogP contribution in [0.25, 0.3) is 0 Å². The molecule has 126 valence electrons. The molecule has 1 aromatic heterocycles. The third-order valence-corrected chi connectivity index (χ3v) is 4.08. The Balaban J connectivity index is 1.52. The van der Waals surface area contributed by atoms with Crippen molar-refractivity contribution in [3.63, 3.8) is 0 Å². The minimum absolute atomic E-state index is 0.0898. The van der Waals surface area contributed by atoms with E-state index in [9.17, 15) is 5.11 Å². The van der Waals surface area contributed by atoms with Gasteiger partial charge >= 0.3 is 0 Å². The Morgan fingerprint density at radius 3 is 2.92 bits per heavy atom. The van der Waals surface area contributed by atoms with E-state index in [0.29, 0.717) is 29.6 Å². The normalized spacial score (nSPS) is 19.1. The summed E-state index contributed by atoms with van der Waals surface area (Å²) in [6.45, 7) is 3.36. The molecule has 2 heterocycles. The number of nitriles is 1. The Kier molecular flexibility index (Phi) is 5.08. The van der Waals surface area contributed by atoms with Crippen LogP contribution in [0.15, 0.2) is 28.8 Å². The lowest BCUT2D eigenvalue weighted by Gasteiger charge is -2.24. The van der Waals surface area contributed by atoms with Gasteiger partial charge < -0.3 is 14.4 Å². The van der Waals surface area contributed by atoms with Gasteiger partial charge in [0.25, 0.3) is 0 Å². The fourth-order valence-electron chi connectivity index (χ4n) is 2.93. The topological polar surface area (TPSA) is 95.4 Å². The number of aliphatic hydroxyl groups is 1. The van der Waals surface area contributed by atoms with Gasteiger partial charge in [0.1, 0.15) is 18.5 Å². The summed E-state index contributed by atoms with van der Waals surface area (Å²) in [6, 6.07) is 8.99. The van der Waals surface area contributed by atoms with Gasteiger partial charge in [0.15, 0.2) is 5.82 Å². The minimum Gasteiger partial charge on any atom is -0.491 e. The number of ether oxygens (including phenoxy) is 1. The van der Waals surface area contributed by atoms with Crippen LogP contribution in [0.4, 0.5) is 0 Å². The van der Waals surface area contributed by atoms with Crippen LogP contribution in [0.1, 0.15) is 36.2 Å². The van der Waals surface area contributed by atoms with E-state index in [0.717, 1.165) is 19.4 Å². The van der Waals surface area contributed by atoms with Gasteiger partial charge in [0.2, 0.25) is 5.89 Å². The molecule has 1 aliphatic rings. The van der Waals surface area contributed by atoms with E-state index in [1.54, 1.807) is 31.2 Å². The lowest BCUT2D eigenvalue weighted by molar-refractivity contribution is 0.0623. The quantitative estimate of drug-likeness (QED) is 0.864. The summed E-state index contributed by atoms with van der Waals surface area (Å²) in [4.78, 5) is 6.47. The predicted octanol–water partition coefficient (Wildman–Crippen LogP) is 1.83. The lowest BCUT2D eigenvalue weighted by atomic mass is 10.2. The maximum Gasteiger partial charge on any atom is 0.223 e. The van der Waals surface area contributed by atoms with Crippen molar-refractivity contribution in [1.29, 1.82) is 5.26 Å². The number of rotatable bonds is 6. The number of aryl methyl sites for hydroxylation is 1. The zero-order chi connectivity index (χ0) is 16.9. The standard InChI is InChI=1S/C17H20N4O3/c1-12-19-17(20-24-12)16-3-2-8-21(16)10-14(22)11-23-15-6-4-13(9-18)5-7-15/h4-7,14,16,22H,2-3,8,10-11H2,1H3/t14-,16+/m0/s1. The third kappa shape index (κ3) is 3.91. The highest BCUT2D eigenvalue weighted by Gasteiger charge is 2.31. The zero-order valence-corrected chi connectivity index (χ0v) is 13.6. The molecule has 0 amide bonds. The van der Waals surface area contributed by atoms with Crippen LogP contribution in [0.5, 0.6) is 5.75 Å². The van der Waals surface area contributed by atoms with E-state index in [1.807, 2.05) is 0 Å². The molecule has 3 rings (SSSR count). The van der Waals surface area contributed by atoms with Crippen LogP contribution in [-0.2, 0) is 0 Å². The second-order valence-corrected chi connectivity index (χ2v) is 5.93. The third-order valence-electron chi connectivity index (χ3n) is 4.08. The van der Waals surface area contributed by atoms with E-state index in [2.05, 4.69) is 21.1 Å². The number of hydrogen-bond acceptors (Lipinski definition) is 7. The highest BCUT2D eigenvalue weighted by Crippen LogP contribution is 2.30. The maximum atomic E-state index is 10.3. The highest BCUT2D eigenvalue weighted by molar-refractivity contribution is 5.34. The zero-order valence-electron chi connectivity index (χ0n) is 13.6. The van der Waals surface area contributed by atoms with E-state index in [-0.39, 0.29) is 12.6 Å². The van der Waals surface area contributed by atoms with Crippen molar-refractivity contribution in [2.45, 2.75) is 31.9 Å². The largest absolute Gasteiger partial charge is 0.491 e. The van der Waals surface area contributed by atoms with Crippen molar-refractivity contribution in [2.24, 2.45) is 0 Å². The summed E-state index contributed by atoms with van der Waals surface area (Å²) in [6.07, 6.45) is 1.39. The van der Waals surface area contributed by atoms with Crippen LogP contribution in [0.2, 0.25) is 0 Å². The van der Waals surface area contributed by atoms with Gasteiger partial charge in [-0.05, 0) is 43.7 Å². The highest BCUT2D eigenvalue weighted by atomic mass is 16.5. The van der Waals surface area contributed by atoms with Gasteiger partial charge in [0, 0.05) is 13.5 Å². The maximum absolute atomic E-state index is 10.3. The molecule has 1 N–H and O–H groups in total. The second-order valence-electron chi connectivity index (χ2n) is 5.93. The molecule has 0 saturated carbocycles. The van der Waals surface area contributed by atoms with Gasteiger partial charge in [-0.25, -0.2) is 0 Å². The summed E-state index contributed by atoms with van der Waals surface area (Å²) >= 11 is 0. The second kappa shape index (κ2) is 7.43. The average Bonchev–Trinajstić information content (AvgIpc) is 3.22. The van der Waals surface area contributed by atoms with E-state index < -0.39 is 6.10 Å². The Morgan fingerprint density at radius 1 is 1.46 bits per heavy atom. The molecule has 1 saturated heterocycles. The monoisotopic (exact) mass is 328 g/mol. The number of aliphatic hydroxyl groups excluding tert-OH is 1. The number of β-amino-alcohol motifs (C(OH)–C–C–N with tert-alkyl or cyclic N) is 1. The summed E-state index contributed by atoms with van der Waals surface area (Å²) in [5.74, 6) is 1.88. The molecule has 1 aromatic carbocycles. The van der Waals surface area contributed by atoms with Crippen LogP contribution in [0.3, 0.4) is 0 Å². The van der Waals surface area contributed by atoms with Crippen molar-refractivity contribution >= 4 is 0 Å². The van der Waals surface area contributed by atoms with Crippen molar-refractivity contribution in [1.82, 2.24) is 15.0 Å². The summed E-state index contributed by atoms with van der Waals surface area (Å²) in [7, 11) is 0. The first kappa shape index (κ1) is 16.4. The number of hydrogen-bond donors (Lipinski definition) is 1. The average molecular weight is 328 g/mol. The number of likely N-dealkylation sites (tertiary alicyclic amines) is 1. The van der Waals surface area contributed by atoms with Crippen molar-refractivity contribution in [3.05, 3.63) is 41.5 Å². The van der Waals surface area contributed by atoms with Gasteiger partial charge in [0.05, 0.1) is 17.7 Å². The lowest BCUT2D eigenvalue weighted by Crippen LogP contribution is -2.35. The van der Waals surface area contributed by atoms with E-state index >= 15 is 0 Å². The SMILES string of the molecule is Cc1nc([C@H]2CCCN2C[C@H](O)COc2ccc(C#N)cc2)no1. The Hall–Kier alpha value is -2.43. The molecule has 7 heteroatoms. The molecule has 1 aliphatic heterocycles. The first-order valence-corrected chi connectivity index (χ1v) is 8.01. The minimum atomic E-state index is -0.616. The van der Waals surface area contributed by atoms with Gasteiger partial charge in [-0.1, -0.05) is 5.16 Å². The number of benzene rings is 1. The van der Waals surface area contributed by atoms with E-state index in [4.69, 9.17) is 14.5 Å². The first-order chi connectivity index (χ1) is 11.7. The van der Waals surface area contributed by atoms with Crippen LogP contribution in [-0.4, -0.2) is 45.9 Å². The fourth-order valence-corrected chi connectivity index (χ4v) is 2.93. The smallest absolute Gasteiger partial charge is 0.223 e. The molecule has 2 aromatic rings. The molecule has 2 atom stereocenters. The predicted molar refractivity (Wildman–Crippen MR) is 85.2 cm³/mol. The summed E-state index contributed by atoms with van der Waals surface area (Å²) in [5, 5.41) is 23.0. The van der Waals surface area contributed by atoms with Crippen LogP contribution >= 0.6 is 0 Å². The molecule has 0 aliphatic carbocycles. The number of nitrogens with zero attached hydrogens (tertiary/aromatic N) is 4. The summed E-state index contributed by atoms with van der Waals surface area (Å²) < 4.78 is 10.6.